The minimum atomic E-state index is -0.209. The number of hydrogen-bond acceptors (Lipinski definition) is 2. The van der Waals surface area contributed by atoms with Crippen molar-refractivity contribution in [2.24, 2.45) is 0 Å². The van der Waals surface area contributed by atoms with Crippen LogP contribution in [0.1, 0.15) is 11.8 Å². The third-order valence-corrected chi connectivity index (χ3v) is 4.32. The van der Waals surface area contributed by atoms with Crippen LogP contribution in [0.25, 0.3) is 0 Å². The van der Waals surface area contributed by atoms with E-state index >= 15 is 0 Å². The van der Waals surface area contributed by atoms with Crippen LogP contribution in [0.3, 0.4) is 0 Å². The maximum absolute atomic E-state index is 5.82. The van der Waals surface area contributed by atoms with Gasteiger partial charge in [-0.25, -0.2) is 0 Å². The summed E-state index contributed by atoms with van der Waals surface area (Å²) >= 11 is 19.0. The molecule has 0 aliphatic heterocycles. The van der Waals surface area contributed by atoms with Gasteiger partial charge in [0.1, 0.15) is 0 Å². The van der Waals surface area contributed by atoms with Gasteiger partial charge in [0.15, 0.2) is 0 Å². The van der Waals surface area contributed by atoms with E-state index < -0.39 is 0 Å². The van der Waals surface area contributed by atoms with Gasteiger partial charge in [0.25, 0.3) is 0 Å². The van der Waals surface area contributed by atoms with Gasteiger partial charge in [-0.2, -0.15) is 0 Å². The third kappa shape index (κ3) is 3.59. The summed E-state index contributed by atoms with van der Waals surface area (Å²) in [5.41, 5.74) is -0.209. The molecule has 1 rings (SSSR count). The number of hydrogen-bond donors (Lipinski definition) is 1. The van der Waals surface area contributed by atoms with E-state index in [2.05, 4.69) is 5.32 Å². The number of nitrogens with one attached hydrogen (secondary N) is 1. The van der Waals surface area contributed by atoms with E-state index in [9.17, 15) is 0 Å². The molecule has 0 aromatic carbocycles. The van der Waals surface area contributed by atoms with Crippen molar-refractivity contribution in [3.8, 4) is 0 Å². The van der Waals surface area contributed by atoms with E-state index in [0.717, 1.165) is 10.9 Å². The Bertz CT molecular complexity index is 283. The normalized spacial score (nSPS) is 12.0. The first kappa shape index (κ1) is 12.6. The Morgan fingerprint density at radius 2 is 2.00 bits per heavy atom. The highest BCUT2D eigenvalue weighted by Gasteiger charge is 2.20. The molecule has 14 heavy (non-hydrogen) atoms. The summed E-state index contributed by atoms with van der Waals surface area (Å²) in [7, 11) is 0. The summed E-state index contributed by atoms with van der Waals surface area (Å²) in [6.45, 7) is 2.76. The van der Waals surface area contributed by atoms with Crippen molar-refractivity contribution in [3.63, 3.8) is 0 Å². The molecule has 1 nitrogen and oxygen atoms in total. The number of halogens is 3. The van der Waals surface area contributed by atoms with E-state index in [0.29, 0.717) is 11.8 Å². The molecule has 1 aromatic rings. The van der Waals surface area contributed by atoms with Crippen molar-refractivity contribution in [1.29, 1.82) is 0 Å². The molecule has 0 fully saturated rings. The van der Waals surface area contributed by atoms with Crippen LogP contribution < -0.4 is 5.32 Å². The largest absolute Gasteiger partial charge is 0.304 e. The quantitative estimate of drug-likeness (QED) is 0.806. The second kappa shape index (κ2) is 5.57. The van der Waals surface area contributed by atoms with Crippen molar-refractivity contribution in [3.05, 3.63) is 21.3 Å². The number of rotatable bonds is 5. The lowest BCUT2D eigenvalue weighted by molar-refractivity contribution is 0.437. The average Bonchev–Trinajstić information content (AvgIpc) is 2.61. The van der Waals surface area contributed by atoms with E-state index in [1.807, 2.05) is 19.1 Å². The zero-order chi connectivity index (χ0) is 10.6. The Kier molecular flexibility index (Phi) is 5.01. The van der Waals surface area contributed by atoms with E-state index in [4.69, 9.17) is 34.8 Å². The average molecular weight is 273 g/mol. The predicted molar refractivity (Wildman–Crippen MR) is 66.0 cm³/mol. The van der Waals surface area contributed by atoms with Crippen LogP contribution in [0.2, 0.25) is 4.34 Å². The van der Waals surface area contributed by atoms with Crippen LogP contribution in [-0.2, 0) is 6.54 Å². The smallest absolute Gasteiger partial charge is 0.0931 e. The molecule has 0 atom stereocenters. The van der Waals surface area contributed by atoms with Gasteiger partial charge >= 0.3 is 0 Å². The molecular formula is C9H12Cl3NS. The maximum atomic E-state index is 5.82. The molecule has 80 valence electrons. The molecule has 0 aliphatic carbocycles. The molecule has 0 saturated carbocycles. The summed E-state index contributed by atoms with van der Waals surface area (Å²) in [6.07, 6.45) is 0. The van der Waals surface area contributed by atoms with Gasteiger partial charge in [0, 0.05) is 28.7 Å². The van der Waals surface area contributed by atoms with Crippen LogP contribution >= 0.6 is 46.1 Å². The van der Waals surface area contributed by atoms with E-state index in [1.165, 1.54) is 4.88 Å². The Balaban J connectivity index is 2.47. The Labute approximate surface area is 103 Å². The third-order valence-electron chi connectivity index (χ3n) is 1.91. The van der Waals surface area contributed by atoms with Gasteiger partial charge in [-0.3, -0.25) is 0 Å². The molecule has 0 aliphatic rings. The Morgan fingerprint density at radius 3 is 2.43 bits per heavy atom. The lowest BCUT2D eigenvalue weighted by Crippen LogP contribution is -2.45. The lowest BCUT2D eigenvalue weighted by atomic mass is 10.1. The van der Waals surface area contributed by atoms with Crippen molar-refractivity contribution in [1.82, 2.24) is 5.32 Å². The van der Waals surface area contributed by atoms with E-state index in [1.54, 1.807) is 11.3 Å². The van der Waals surface area contributed by atoms with Crippen LogP contribution in [0.4, 0.5) is 0 Å². The van der Waals surface area contributed by atoms with Gasteiger partial charge in [-0.05, 0) is 19.1 Å². The minimum absolute atomic E-state index is 0.209. The molecule has 0 bridgehead atoms. The molecule has 1 N–H and O–H groups in total. The molecule has 0 amide bonds. The first-order valence-electron chi connectivity index (χ1n) is 4.21. The molecule has 1 aromatic heterocycles. The fraction of sp³-hybridized carbons (Fsp3) is 0.556. The lowest BCUT2D eigenvalue weighted by Gasteiger charge is -2.25. The molecule has 1 heterocycles. The zero-order valence-corrected chi connectivity index (χ0v) is 10.9. The molecule has 0 saturated heterocycles. The highest BCUT2D eigenvalue weighted by molar-refractivity contribution is 7.16. The second-order valence-electron chi connectivity index (χ2n) is 3.39. The molecule has 0 spiro atoms. The monoisotopic (exact) mass is 271 g/mol. The van der Waals surface area contributed by atoms with Gasteiger partial charge in [-0.1, -0.05) is 11.6 Å². The zero-order valence-electron chi connectivity index (χ0n) is 7.82. The summed E-state index contributed by atoms with van der Waals surface area (Å²) in [4.78, 5) is 1.19. The second-order valence-corrected chi connectivity index (χ2v) is 5.72. The van der Waals surface area contributed by atoms with Gasteiger partial charge in [-0.15, -0.1) is 34.5 Å². The van der Waals surface area contributed by atoms with Crippen LogP contribution in [-0.4, -0.2) is 17.3 Å². The van der Waals surface area contributed by atoms with Crippen LogP contribution in [0.15, 0.2) is 12.1 Å². The van der Waals surface area contributed by atoms with Gasteiger partial charge in [0.2, 0.25) is 0 Å². The fourth-order valence-electron chi connectivity index (χ4n) is 0.877. The number of alkyl halides is 2. The van der Waals surface area contributed by atoms with Gasteiger partial charge < -0.3 is 5.32 Å². The molecular weight excluding hydrogens is 261 g/mol. The maximum Gasteiger partial charge on any atom is 0.0931 e. The number of thiophene rings is 1. The fourth-order valence-corrected chi connectivity index (χ4v) is 2.38. The molecule has 0 unspecified atom stereocenters. The summed E-state index contributed by atoms with van der Waals surface area (Å²) < 4.78 is 0.806. The Hall–Kier alpha value is 0.530. The molecule has 5 heteroatoms. The van der Waals surface area contributed by atoms with E-state index in [-0.39, 0.29) is 5.54 Å². The SMILES string of the molecule is CC(CCl)(CCl)NCc1ccc(Cl)s1. The van der Waals surface area contributed by atoms with Crippen molar-refractivity contribution < 1.29 is 0 Å². The topological polar surface area (TPSA) is 12.0 Å². The summed E-state index contributed by atoms with van der Waals surface area (Å²) in [5.74, 6) is 0.991. The van der Waals surface area contributed by atoms with Crippen molar-refractivity contribution >= 4 is 46.1 Å². The Morgan fingerprint density at radius 1 is 1.36 bits per heavy atom. The highest BCUT2D eigenvalue weighted by Crippen LogP contribution is 2.22. The summed E-state index contributed by atoms with van der Waals surface area (Å²) in [5, 5.41) is 3.31. The molecule has 0 radical (unpaired) electrons. The van der Waals surface area contributed by atoms with Gasteiger partial charge in [0.05, 0.1) is 4.34 Å². The first-order chi connectivity index (χ1) is 6.59. The van der Waals surface area contributed by atoms with Crippen molar-refractivity contribution in [2.45, 2.75) is 19.0 Å². The summed E-state index contributed by atoms with van der Waals surface area (Å²) in [6, 6.07) is 3.89. The van der Waals surface area contributed by atoms with Crippen LogP contribution in [0, 0.1) is 0 Å². The van der Waals surface area contributed by atoms with Crippen LogP contribution in [0.5, 0.6) is 0 Å². The highest BCUT2D eigenvalue weighted by atomic mass is 35.5. The predicted octanol–water partition coefficient (Wildman–Crippen LogP) is 3.73. The minimum Gasteiger partial charge on any atom is -0.304 e. The van der Waals surface area contributed by atoms with Crippen molar-refractivity contribution in [2.75, 3.05) is 11.8 Å². The standard InChI is InChI=1S/C9H12Cl3NS/c1-9(5-10,6-11)13-4-7-2-3-8(12)14-7/h2-3,13H,4-6H2,1H3. The first-order valence-corrected chi connectivity index (χ1v) is 6.47.